The van der Waals surface area contributed by atoms with Crippen LogP contribution in [0.3, 0.4) is 0 Å². The first kappa shape index (κ1) is 14.5. The molecule has 1 fully saturated rings. The molecule has 0 amide bonds. The summed E-state index contributed by atoms with van der Waals surface area (Å²) < 4.78 is 5.62. The number of rotatable bonds is 5. The van der Waals surface area contributed by atoms with Crippen molar-refractivity contribution in [3.8, 4) is 0 Å². The Morgan fingerprint density at radius 1 is 1.26 bits per heavy atom. The minimum Gasteiger partial charge on any atom is -0.378 e. The molecule has 2 nitrogen and oxygen atoms in total. The number of aryl methyl sites for hydroxylation is 1. The van der Waals surface area contributed by atoms with Gasteiger partial charge in [-0.3, -0.25) is 0 Å². The van der Waals surface area contributed by atoms with E-state index in [1.54, 1.807) is 0 Å². The van der Waals surface area contributed by atoms with E-state index in [1.807, 2.05) is 0 Å². The average Bonchev–Trinajstić information content (AvgIpc) is 2.45. The second kappa shape index (κ2) is 7.06. The normalized spacial score (nSPS) is 25.2. The van der Waals surface area contributed by atoms with Gasteiger partial charge in [0.15, 0.2) is 0 Å². The fourth-order valence-corrected chi connectivity index (χ4v) is 2.87. The lowest BCUT2D eigenvalue weighted by Gasteiger charge is -2.31. The number of hydrogen-bond acceptors (Lipinski definition) is 2. The minimum absolute atomic E-state index is 0.395. The summed E-state index contributed by atoms with van der Waals surface area (Å²) in [5.74, 6) is 0. The smallest absolute Gasteiger partial charge is 0.0561 e. The van der Waals surface area contributed by atoms with Crippen LogP contribution >= 0.6 is 0 Å². The summed E-state index contributed by atoms with van der Waals surface area (Å²) in [6.45, 7) is 7.52. The van der Waals surface area contributed by atoms with Gasteiger partial charge in [0.2, 0.25) is 0 Å². The molecule has 1 N–H and O–H groups in total. The third kappa shape index (κ3) is 4.05. The first-order chi connectivity index (χ1) is 9.22. The molecule has 1 saturated heterocycles. The highest BCUT2D eigenvalue weighted by Gasteiger charge is 2.21. The summed E-state index contributed by atoms with van der Waals surface area (Å²) in [5.41, 5.74) is 2.83. The van der Waals surface area contributed by atoms with Crippen LogP contribution in [0.25, 0.3) is 0 Å². The maximum absolute atomic E-state index is 5.62. The van der Waals surface area contributed by atoms with Crippen molar-refractivity contribution in [3.05, 3.63) is 35.4 Å². The molecule has 1 aromatic rings. The number of hydrogen-bond donors (Lipinski definition) is 1. The van der Waals surface area contributed by atoms with Gasteiger partial charge in [-0.25, -0.2) is 0 Å². The molecular formula is C17H27NO. The van der Waals surface area contributed by atoms with Crippen LogP contribution in [0.5, 0.6) is 0 Å². The fourth-order valence-electron chi connectivity index (χ4n) is 2.87. The van der Waals surface area contributed by atoms with Crippen LogP contribution < -0.4 is 5.32 Å². The molecule has 19 heavy (non-hydrogen) atoms. The summed E-state index contributed by atoms with van der Waals surface area (Å²) in [6, 6.07) is 10.1. The Kier molecular flexibility index (Phi) is 5.41. The third-order valence-corrected chi connectivity index (χ3v) is 4.12. The van der Waals surface area contributed by atoms with Crippen LogP contribution in [0.2, 0.25) is 0 Å². The van der Waals surface area contributed by atoms with Crippen molar-refractivity contribution in [2.45, 2.75) is 64.6 Å². The molecule has 1 aliphatic heterocycles. The van der Waals surface area contributed by atoms with Gasteiger partial charge in [-0.1, -0.05) is 38.1 Å². The van der Waals surface area contributed by atoms with E-state index < -0.39 is 0 Å². The van der Waals surface area contributed by atoms with E-state index in [1.165, 1.54) is 11.1 Å². The number of nitrogens with one attached hydrogen (secondary N) is 1. The zero-order valence-electron chi connectivity index (χ0n) is 12.5. The van der Waals surface area contributed by atoms with E-state index in [0.29, 0.717) is 18.2 Å². The Balaban J connectivity index is 1.98. The van der Waals surface area contributed by atoms with E-state index in [-0.39, 0.29) is 0 Å². The predicted molar refractivity (Wildman–Crippen MR) is 80.4 cm³/mol. The summed E-state index contributed by atoms with van der Waals surface area (Å²) >= 11 is 0. The molecule has 1 aromatic carbocycles. The Morgan fingerprint density at radius 2 is 2.00 bits per heavy atom. The van der Waals surface area contributed by atoms with Crippen LogP contribution in [0.1, 0.15) is 57.2 Å². The molecule has 0 bridgehead atoms. The van der Waals surface area contributed by atoms with Crippen LogP contribution in [0.4, 0.5) is 0 Å². The van der Waals surface area contributed by atoms with E-state index >= 15 is 0 Å². The van der Waals surface area contributed by atoms with Crippen LogP contribution in [0.15, 0.2) is 24.3 Å². The van der Waals surface area contributed by atoms with Crippen LogP contribution in [-0.4, -0.2) is 18.8 Å². The third-order valence-electron chi connectivity index (χ3n) is 4.12. The second-order valence-corrected chi connectivity index (χ2v) is 5.63. The Labute approximate surface area is 117 Å². The SMILES string of the molecule is CCc1ccc(C(CC)NC2CCOC(C)C2)cc1. The van der Waals surface area contributed by atoms with Crippen molar-refractivity contribution < 1.29 is 4.74 Å². The van der Waals surface area contributed by atoms with Gasteiger partial charge in [-0.05, 0) is 43.7 Å². The van der Waals surface area contributed by atoms with Crippen LogP contribution in [0, 0.1) is 0 Å². The van der Waals surface area contributed by atoms with Crippen molar-refractivity contribution in [2.75, 3.05) is 6.61 Å². The number of benzene rings is 1. The molecule has 0 aromatic heterocycles. The molecule has 0 spiro atoms. The molecule has 2 heteroatoms. The fraction of sp³-hybridized carbons (Fsp3) is 0.647. The molecule has 0 aliphatic carbocycles. The lowest BCUT2D eigenvalue weighted by atomic mass is 9.98. The van der Waals surface area contributed by atoms with Gasteiger partial charge in [0.05, 0.1) is 6.10 Å². The van der Waals surface area contributed by atoms with Crippen molar-refractivity contribution in [1.29, 1.82) is 0 Å². The van der Waals surface area contributed by atoms with E-state index in [4.69, 9.17) is 4.74 Å². The first-order valence-electron chi connectivity index (χ1n) is 7.69. The van der Waals surface area contributed by atoms with Gasteiger partial charge in [-0.15, -0.1) is 0 Å². The van der Waals surface area contributed by atoms with Gasteiger partial charge < -0.3 is 10.1 Å². The zero-order chi connectivity index (χ0) is 13.7. The molecule has 3 atom stereocenters. The topological polar surface area (TPSA) is 21.3 Å². The molecule has 106 valence electrons. The summed E-state index contributed by atoms with van der Waals surface area (Å²) in [4.78, 5) is 0. The molecule has 1 aliphatic rings. The highest BCUT2D eigenvalue weighted by Crippen LogP contribution is 2.22. The van der Waals surface area contributed by atoms with Gasteiger partial charge in [0, 0.05) is 18.7 Å². The van der Waals surface area contributed by atoms with Crippen molar-refractivity contribution in [2.24, 2.45) is 0 Å². The van der Waals surface area contributed by atoms with Gasteiger partial charge >= 0.3 is 0 Å². The molecular weight excluding hydrogens is 234 g/mol. The first-order valence-corrected chi connectivity index (χ1v) is 7.69. The standard InChI is InChI=1S/C17H27NO/c1-4-14-6-8-15(9-7-14)17(5-2)18-16-10-11-19-13(3)12-16/h6-9,13,16-18H,4-5,10-12H2,1-3H3. The lowest BCUT2D eigenvalue weighted by Crippen LogP contribution is -2.39. The van der Waals surface area contributed by atoms with Crippen molar-refractivity contribution in [1.82, 2.24) is 5.32 Å². The molecule has 1 heterocycles. The molecule has 2 rings (SSSR count). The van der Waals surface area contributed by atoms with Crippen LogP contribution in [-0.2, 0) is 11.2 Å². The minimum atomic E-state index is 0.395. The Morgan fingerprint density at radius 3 is 2.58 bits per heavy atom. The maximum atomic E-state index is 5.62. The maximum Gasteiger partial charge on any atom is 0.0561 e. The highest BCUT2D eigenvalue weighted by atomic mass is 16.5. The van der Waals surface area contributed by atoms with Crippen molar-refractivity contribution in [3.63, 3.8) is 0 Å². The van der Waals surface area contributed by atoms with E-state index in [9.17, 15) is 0 Å². The van der Waals surface area contributed by atoms with Gasteiger partial charge in [-0.2, -0.15) is 0 Å². The quantitative estimate of drug-likeness (QED) is 0.869. The van der Waals surface area contributed by atoms with Crippen molar-refractivity contribution >= 4 is 0 Å². The highest BCUT2D eigenvalue weighted by molar-refractivity contribution is 5.25. The predicted octanol–water partition coefficient (Wildman–Crippen LogP) is 3.86. The van der Waals surface area contributed by atoms with Gasteiger partial charge in [0.25, 0.3) is 0 Å². The average molecular weight is 261 g/mol. The largest absolute Gasteiger partial charge is 0.378 e. The molecule has 0 saturated carbocycles. The Bertz CT molecular complexity index is 373. The summed E-state index contributed by atoms with van der Waals surface area (Å²) in [5, 5.41) is 3.81. The van der Waals surface area contributed by atoms with E-state index in [2.05, 4.69) is 50.4 Å². The Hall–Kier alpha value is -0.860. The molecule has 0 radical (unpaired) electrons. The molecule has 3 unspecified atom stereocenters. The monoisotopic (exact) mass is 261 g/mol. The van der Waals surface area contributed by atoms with E-state index in [0.717, 1.165) is 32.3 Å². The summed E-state index contributed by atoms with van der Waals surface area (Å²) in [7, 11) is 0. The second-order valence-electron chi connectivity index (χ2n) is 5.63. The van der Waals surface area contributed by atoms with Gasteiger partial charge in [0.1, 0.15) is 0 Å². The summed E-state index contributed by atoms with van der Waals surface area (Å²) in [6.07, 6.45) is 4.91. The lowest BCUT2D eigenvalue weighted by molar-refractivity contribution is 0.0111. The number of ether oxygens (including phenoxy) is 1. The zero-order valence-corrected chi connectivity index (χ0v) is 12.5.